The molecule has 0 fully saturated rings. The molecule has 0 aliphatic rings. The van der Waals surface area contributed by atoms with E-state index in [1.165, 1.54) is 16.8 Å². The molecular formula is C21H20FN7O3. The number of tetrazole rings is 1. The first-order chi connectivity index (χ1) is 15.5. The molecule has 0 saturated heterocycles. The van der Waals surface area contributed by atoms with Crippen molar-refractivity contribution in [2.45, 2.75) is 32.9 Å². The fourth-order valence-corrected chi connectivity index (χ4v) is 3.11. The minimum atomic E-state index is -0.760. The number of aromatic nitrogens is 6. The quantitative estimate of drug-likeness (QED) is 0.447. The molecule has 0 aliphatic carbocycles. The van der Waals surface area contributed by atoms with Crippen LogP contribution in [-0.4, -0.2) is 36.3 Å². The molecule has 11 heteroatoms. The Kier molecular flexibility index (Phi) is 6.15. The van der Waals surface area contributed by atoms with Crippen LogP contribution in [0.3, 0.4) is 0 Å². The lowest BCUT2D eigenvalue weighted by atomic mass is 10.0. The number of ether oxygens (including phenoxy) is 1. The third-order valence-electron chi connectivity index (χ3n) is 4.63. The number of carbonyl (C=O) groups excluding carboxylic acids is 1. The number of hydrogen-bond donors (Lipinski definition) is 1. The van der Waals surface area contributed by atoms with Crippen LogP contribution in [0, 0.1) is 19.7 Å². The van der Waals surface area contributed by atoms with E-state index in [4.69, 9.17) is 9.26 Å². The zero-order chi connectivity index (χ0) is 22.5. The van der Waals surface area contributed by atoms with E-state index in [0.29, 0.717) is 34.5 Å². The summed E-state index contributed by atoms with van der Waals surface area (Å²) in [6.07, 6.45) is 0.223. The largest absolute Gasteiger partial charge is 0.485 e. The second-order valence-electron chi connectivity index (χ2n) is 7.05. The van der Waals surface area contributed by atoms with Gasteiger partial charge in [-0.1, -0.05) is 17.3 Å². The molecule has 2 heterocycles. The van der Waals surface area contributed by atoms with Crippen LogP contribution in [0.25, 0.3) is 0 Å². The standard InChI is InChI=1S/C21H20FN7O3/c1-13-25-27-28-29(13)19(11-15-4-3-5-16(22)10-15)21(30)24-17-6-8-18(9-7-17)31-12-20-23-14(2)32-26-20/h3-10,19H,11-12H2,1-2H3,(H,24,30). The first-order valence-corrected chi connectivity index (χ1v) is 9.80. The lowest BCUT2D eigenvalue weighted by Crippen LogP contribution is -2.29. The van der Waals surface area contributed by atoms with Crippen molar-refractivity contribution in [2.24, 2.45) is 0 Å². The van der Waals surface area contributed by atoms with Crippen LogP contribution >= 0.6 is 0 Å². The van der Waals surface area contributed by atoms with Crippen LogP contribution in [0.1, 0.15) is 29.1 Å². The Morgan fingerprint density at radius 3 is 2.69 bits per heavy atom. The summed E-state index contributed by atoms with van der Waals surface area (Å²) >= 11 is 0. The molecule has 4 aromatic rings. The molecule has 0 bridgehead atoms. The molecule has 0 saturated carbocycles. The highest BCUT2D eigenvalue weighted by molar-refractivity contribution is 5.93. The number of amides is 1. The molecule has 1 atom stereocenters. The minimum Gasteiger partial charge on any atom is -0.485 e. The second-order valence-corrected chi connectivity index (χ2v) is 7.05. The minimum absolute atomic E-state index is 0.164. The third kappa shape index (κ3) is 5.12. The molecule has 164 valence electrons. The highest BCUT2D eigenvalue weighted by atomic mass is 19.1. The predicted octanol–water partition coefficient (Wildman–Crippen LogP) is 2.81. The van der Waals surface area contributed by atoms with E-state index in [-0.39, 0.29) is 24.8 Å². The number of nitrogens with zero attached hydrogens (tertiary/aromatic N) is 6. The SMILES string of the molecule is Cc1nc(COc2ccc(NC(=O)C(Cc3cccc(F)c3)n3nnnc3C)cc2)no1. The number of benzene rings is 2. The maximum absolute atomic E-state index is 13.6. The van der Waals surface area contributed by atoms with Gasteiger partial charge in [-0.25, -0.2) is 9.07 Å². The highest BCUT2D eigenvalue weighted by Crippen LogP contribution is 2.21. The van der Waals surface area contributed by atoms with E-state index < -0.39 is 6.04 Å². The van der Waals surface area contributed by atoms with Gasteiger partial charge in [0.05, 0.1) is 0 Å². The Labute approximate surface area is 182 Å². The van der Waals surface area contributed by atoms with Crippen molar-refractivity contribution in [3.8, 4) is 5.75 Å². The maximum atomic E-state index is 13.6. The van der Waals surface area contributed by atoms with E-state index >= 15 is 0 Å². The van der Waals surface area contributed by atoms with Gasteiger partial charge >= 0.3 is 0 Å². The molecule has 0 radical (unpaired) electrons. The topological polar surface area (TPSA) is 121 Å². The average Bonchev–Trinajstić information content (AvgIpc) is 3.39. The smallest absolute Gasteiger partial charge is 0.249 e. The fraction of sp³-hybridized carbons (Fsp3) is 0.238. The van der Waals surface area contributed by atoms with Gasteiger partial charge in [0, 0.05) is 19.0 Å². The summed E-state index contributed by atoms with van der Waals surface area (Å²) in [7, 11) is 0. The first-order valence-electron chi connectivity index (χ1n) is 9.80. The monoisotopic (exact) mass is 437 g/mol. The van der Waals surface area contributed by atoms with E-state index in [9.17, 15) is 9.18 Å². The molecule has 1 unspecified atom stereocenters. The summed E-state index contributed by atoms with van der Waals surface area (Å²) in [6, 6.07) is 12.2. The molecule has 2 aromatic heterocycles. The summed E-state index contributed by atoms with van der Waals surface area (Å²) in [6.45, 7) is 3.56. The summed E-state index contributed by atoms with van der Waals surface area (Å²) in [5.74, 6) is 1.26. The molecule has 0 aliphatic heterocycles. The van der Waals surface area contributed by atoms with Crippen molar-refractivity contribution in [1.82, 2.24) is 30.3 Å². The Balaban J connectivity index is 1.44. The number of aryl methyl sites for hydroxylation is 2. The number of rotatable bonds is 8. The summed E-state index contributed by atoms with van der Waals surface area (Å²) in [5.41, 5.74) is 1.22. The summed E-state index contributed by atoms with van der Waals surface area (Å²) in [5, 5.41) is 18.0. The average molecular weight is 437 g/mol. The van der Waals surface area contributed by atoms with Gasteiger partial charge in [0.1, 0.15) is 23.4 Å². The Bertz CT molecular complexity index is 1210. The van der Waals surface area contributed by atoms with Gasteiger partial charge in [0.15, 0.2) is 6.61 Å². The van der Waals surface area contributed by atoms with Crippen molar-refractivity contribution in [3.63, 3.8) is 0 Å². The second kappa shape index (κ2) is 9.33. The third-order valence-corrected chi connectivity index (χ3v) is 4.63. The summed E-state index contributed by atoms with van der Waals surface area (Å²) in [4.78, 5) is 17.1. The molecule has 10 nitrogen and oxygen atoms in total. The number of hydrogen-bond acceptors (Lipinski definition) is 8. The highest BCUT2D eigenvalue weighted by Gasteiger charge is 2.24. The number of halogens is 1. The maximum Gasteiger partial charge on any atom is 0.249 e. The predicted molar refractivity (Wildman–Crippen MR) is 110 cm³/mol. The van der Waals surface area contributed by atoms with Gasteiger partial charge in [-0.2, -0.15) is 4.98 Å². The normalized spacial score (nSPS) is 11.8. The van der Waals surface area contributed by atoms with Gasteiger partial charge < -0.3 is 14.6 Å². The molecule has 2 aromatic carbocycles. The lowest BCUT2D eigenvalue weighted by Gasteiger charge is -2.18. The molecule has 4 rings (SSSR count). The van der Waals surface area contributed by atoms with Crippen molar-refractivity contribution >= 4 is 11.6 Å². The molecular weight excluding hydrogens is 417 g/mol. The number of carbonyl (C=O) groups is 1. The molecule has 0 spiro atoms. The van der Waals surface area contributed by atoms with Crippen LogP contribution < -0.4 is 10.1 Å². The van der Waals surface area contributed by atoms with Crippen molar-refractivity contribution in [3.05, 3.63) is 77.5 Å². The molecule has 32 heavy (non-hydrogen) atoms. The van der Waals surface area contributed by atoms with E-state index in [0.717, 1.165) is 0 Å². The van der Waals surface area contributed by atoms with Crippen molar-refractivity contribution in [1.29, 1.82) is 0 Å². The van der Waals surface area contributed by atoms with E-state index in [1.54, 1.807) is 50.2 Å². The van der Waals surface area contributed by atoms with E-state index in [2.05, 4.69) is 31.0 Å². The van der Waals surface area contributed by atoms with Gasteiger partial charge in [0.25, 0.3) is 0 Å². The van der Waals surface area contributed by atoms with Gasteiger partial charge in [0.2, 0.25) is 17.6 Å². The lowest BCUT2D eigenvalue weighted by molar-refractivity contribution is -0.119. The molecule has 1 amide bonds. The number of anilines is 1. The zero-order valence-corrected chi connectivity index (χ0v) is 17.4. The zero-order valence-electron chi connectivity index (χ0n) is 17.4. The van der Waals surface area contributed by atoms with Crippen LogP contribution in [0.4, 0.5) is 10.1 Å². The number of nitrogens with one attached hydrogen (secondary N) is 1. The Morgan fingerprint density at radius 1 is 1.22 bits per heavy atom. The van der Waals surface area contributed by atoms with Gasteiger partial charge in [-0.05, 0) is 59.3 Å². The summed E-state index contributed by atoms with van der Waals surface area (Å²) < 4.78 is 25.6. The first kappa shape index (κ1) is 21.1. The van der Waals surface area contributed by atoms with Gasteiger partial charge in [-0.15, -0.1) is 5.10 Å². The van der Waals surface area contributed by atoms with Crippen LogP contribution in [0.2, 0.25) is 0 Å². The van der Waals surface area contributed by atoms with Crippen molar-refractivity contribution in [2.75, 3.05) is 5.32 Å². The van der Waals surface area contributed by atoms with Gasteiger partial charge in [-0.3, -0.25) is 4.79 Å². The Hall–Kier alpha value is -4.15. The molecule has 1 N–H and O–H groups in total. The van der Waals surface area contributed by atoms with Crippen molar-refractivity contribution < 1.29 is 18.4 Å². The Morgan fingerprint density at radius 2 is 2.03 bits per heavy atom. The van der Waals surface area contributed by atoms with E-state index in [1.807, 2.05) is 0 Å². The van der Waals surface area contributed by atoms with Crippen LogP contribution in [-0.2, 0) is 17.8 Å². The fourth-order valence-electron chi connectivity index (χ4n) is 3.11. The van der Waals surface area contributed by atoms with Crippen LogP contribution in [0.5, 0.6) is 5.75 Å². The van der Waals surface area contributed by atoms with Crippen LogP contribution in [0.15, 0.2) is 53.1 Å².